The molecule has 0 aliphatic carbocycles. The zero-order valence-electron chi connectivity index (χ0n) is 8.46. The summed E-state index contributed by atoms with van der Waals surface area (Å²) in [5, 5.41) is 27.4. The molecule has 6 nitrogen and oxygen atoms in total. The molecule has 1 heterocycles. The smallest absolute Gasteiger partial charge is 0.214 e. The van der Waals surface area contributed by atoms with E-state index in [0.29, 0.717) is 12.8 Å². The Bertz CT molecular complexity index is 290. The molecular weight excluding hydrogens is 222 g/mol. The average molecular weight is 239 g/mol. The van der Waals surface area contributed by atoms with Crippen LogP contribution in [0.3, 0.4) is 0 Å². The molecule has 0 spiro atoms. The lowest BCUT2D eigenvalue weighted by molar-refractivity contribution is -0.00842. The van der Waals surface area contributed by atoms with Crippen molar-refractivity contribution in [2.45, 2.75) is 18.4 Å². The third kappa shape index (κ3) is 2.31. The fourth-order valence-corrected chi connectivity index (χ4v) is 3.67. The molecule has 0 saturated carbocycles. The van der Waals surface area contributed by atoms with Gasteiger partial charge in [-0.1, -0.05) is 0 Å². The minimum Gasteiger partial charge on any atom is -0.394 e. The molecule has 7 heteroatoms. The number of aliphatic hydroxyl groups excluding tert-OH is 3. The summed E-state index contributed by atoms with van der Waals surface area (Å²) in [6, 6.07) is 0. The number of aliphatic hydroxyl groups is 3. The molecule has 0 aromatic heterocycles. The Kier molecular flexibility index (Phi) is 4.07. The first-order valence-electron chi connectivity index (χ1n) is 4.85. The van der Waals surface area contributed by atoms with Crippen molar-refractivity contribution in [3.63, 3.8) is 0 Å². The van der Waals surface area contributed by atoms with Gasteiger partial charge in [-0.2, -0.15) is 4.31 Å². The summed E-state index contributed by atoms with van der Waals surface area (Å²) in [4.78, 5) is 0. The van der Waals surface area contributed by atoms with E-state index in [9.17, 15) is 8.42 Å². The van der Waals surface area contributed by atoms with Crippen LogP contribution in [-0.2, 0) is 10.0 Å². The SMILES string of the molecule is O=S1(=O)CCCCN1C(CO)(CO)CO. The van der Waals surface area contributed by atoms with Gasteiger partial charge in [0.2, 0.25) is 10.0 Å². The number of sulfonamides is 1. The maximum Gasteiger partial charge on any atom is 0.214 e. The van der Waals surface area contributed by atoms with Gasteiger partial charge in [0.15, 0.2) is 0 Å². The topological polar surface area (TPSA) is 98.1 Å². The van der Waals surface area contributed by atoms with Crippen molar-refractivity contribution in [2.75, 3.05) is 32.1 Å². The van der Waals surface area contributed by atoms with E-state index in [4.69, 9.17) is 15.3 Å². The zero-order chi connectivity index (χ0) is 11.5. The fourth-order valence-electron chi connectivity index (χ4n) is 1.71. The summed E-state index contributed by atoms with van der Waals surface area (Å²) in [5.74, 6) is 0.00868. The normalized spacial score (nSPS) is 22.9. The quantitative estimate of drug-likeness (QED) is 0.534. The molecule has 15 heavy (non-hydrogen) atoms. The lowest BCUT2D eigenvalue weighted by Gasteiger charge is -2.41. The standard InChI is InChI=1S/C8H17NO5S/c10-5-8(6-11,7-12)9-3-1-2-4-15(9,13)14/h10-12H,1-7H2. The summed E-state index contributed by atoms with van der Waals surface area (Å²) >= 11 is 0. The van der Waals surface area contributed by atoms with Gasteiger partial charge in [-0.15, -0.1) is 0 Å². The van der Waals surface area contributed by atoms with E-state index in [-0.39, 0.29) is 12.3 Å². The van der Waals surface area contributed by atoms with Crippen LogP contribution in [0, 0.1) is 0 Å². The Balaban J connectivity index is 3.01. The molecule has 0 aromatic carbocycles. The van der Waals surface area contributed by atoms with Gasteiger partial charge in [0.1, 0.15) is 5.54 Å². The Labute approximate surface area is 89.2 Å². The lowest BCUT2D eigenvalue weighted by atomic mass is 10.0. The van der Waals surface area contributed by atoms with Crippen LogP contribution in [0.5, 0.6) is 0 Å². The van der Waals surface area contributed by atoms with Crippen LogP contribution < -0.4 is 0 Å². The minimum absolute atomic E-state index is 0.00868. The lowest BCUT2D eigenvalue weighted by Crippen LogP contribution is -2.61. The fraction of sp³-hybridized carbons (Fsp3) is 1.00. The Morgan fingerprint density at radius 2 is 1.60 bits per heavy atom. The van der Waals surface area contributed by atoms with Gasteiger partial charge in [0.05, 0.1) is 25.6 Å². The van der Waals surface area contributed by atoms with Gasteiger partial charge >= 0.3 is 0 Å². The summed E-state index contributed by atoms with van der Waals surface area (Å²) in [7, 11) is -3.46. The van der Waals surface area contributed by atoms with Crippen molar-refractivity contribution in [2.24, 2.45) is 0 Å². The summed E-state index contributed by atoms with van der Waals surface area (Å²) in [5.41, 5.74) is -1.46. The van der Waals surface area contributed by atoms with Crippen molar-refractivity contribution >= 4 is 10.0 Å². The van der Waals surface area contributed by atoms with E-state index >= 15 is 0 Å². The van der Waals surface area contributed by atoms with Gasteiger partial charge in [0.25, 0.3) is 0 Å². The van der Waals surface area contributed by atoms with Crippen molar-refractivity contribution in [3.05, 3.63) is 0 Å². The van der Waals surface area contributed by atoms with Crippen LogP contribution in [0.2, 0.25) is 0 Å². The first-order valence-corrected chi connectivity index (χ1v) is 6.46. The third-order valence-corrected chi connectivity index (χ3v) is 4.81. The zero-order valence-corrected chi connectivity index (χ0v) is 9.28. The molecule has 1 aliphatic rings. The van der Waals surface area contributed by atoms with E-state index < -0.39 is 35.4 Å². The predicted octanol–water partition coefficient (Wildman–Crippen LogP) is -1.87. The molecule has 90 valence electrons. The van der Waals surface area contributed by atoms with Gasteiger partial charge in [-0.05, 0) is 12.8 Å². The molecule has 1 fully saturated rings. The Morgan fingerprint density at radius 1 is 1.07 bits per heavy atom. The van der Waals surface area contributed by atoms with Crippen LogP contribution in [0.1, 0.15) is 12.8 Å². The largest absolute Gasteiger partial charge is 0.394 e. The molecule has 0 amide bonds. The van der Waals surface area contributed by atoms with Crippen molar-refractivity contribution in [1.82, 2.24) is 4.31 Å². The summed E-state index contributed by atoms with van der Waals surface area (Å²) < 4.78 is 24.4. The third-order valence-electron chi connectivity index (χ3n) is 2.76. The summed E-state index contributed by atoms with van der Waals surface area (Å²) in [6.45, 7) is -1.51. The number of hydrogen-bond donors (Lipinski definition) is 3. The van der Waals surface area contributed by atoms with Gasteiger partial charge in [-0.25, -0.2) is 8.42 Å². The van der Waals surface area contributed by atoms with Crippen LogP contribution >= 0.6 is 0 Å². The van der Waals surface area contributed by atoms with Gasteiger partial charge in [0, 0.05) is 6.54 Å². The first kappa shape index (κ1) is 12.9. The second-order valence-electron chi connectivity index (χ2n) is 3.79. The molecule has 0 atom stereocenters. The molecule has 1 saturated heterocycles. The van der Waals surface area contributed by atoms with E-state index in [2.05, 4.69) is 0 Å². The van der Waals surface area contributed by atoms with Crippen molar-refractivity contribution in [3.8, 4) is 0 Å². The maximum atomic E-state index is 11.7. The molecule has 0 unspecified atom stereocenters. The number of hydrogen-bond acceptors (Lipinski definition) is 5. The van der Waals surface area contributed by atoms with E-state index in [0.717, 1.165) is 4.31 Å². The highest BCUT2D eigenvalue weighted by atomic mass is 32.2. The molecular formula is C8H17NO5S. The van der Waals surface area contributed by atoms with Gasteiger partial charge < -0.3 is 15.3 Å². The van der Waals surface area contributed by atoms with Crippen LogP contribution in [0.4, 0.5) is 0 Å². The minimum atomic E-state index is -3.46. The van der Waals surface area contributed by atoms with E-state index in [1.807, 2.05) is 0 Å². The highest BCUT2D eigenvalue weighted by Crippen LogP contribution is 2.24. The van der Waals surface area contributed by atoms with Gasteiger partial charge in [-0.3, -0.25) is 0 Å². The molecule has 1 aliphatic heterocycles. The second-order valence-corrected chi connectivity index (χ2v) is 5.81. The van der Waals surface area contributed by atoms with E-state index in [1.54, 1.807) is 0 Å². The first-order chi connectivity index (χ1) is 7.02. The summed E-state index contributed by atoms with van der Waals surface area (Å²) in [6.07, 6.45) is 1.26. The average Bonchev–Trinajstić information content (AvgIpc) is 2.23. The molecule has 0 radical (unpaired) electrons. The molecule has 3 N–H and O–H groups in total. The maximum absolute atomic E-state index is 11.7. The Hall–Kier alpha value is -0.210. The number of nitrogens with zero attached hydrogens (tertiary/aromatic N) is 1. The molecule has 0 aromatic rings. The van der Waals surface area contributed by atoms with Crippen molar-refractivity contribution < 1.29 is 23.7 Å². The molecule has 1 rings (SSSR count). The monoisotopic (exact) mass is 239 g/mol. The predicted molar refractivity (Wildman–Crippen MR) is 53.7 cm³/mol. The van der Waals surface area contributed by atoms with Crippen LogP contribution in [-0.4, -0.2) is 65.7 Å². The van der Waals surface area contributed by atoms with E-state index in [1.165, 1.54) is 0 Å². The highest BCUT2D eigenvalue weighted by Gasteiger charge is 2.43. The number of rotatable bonds is 4. The van der Waals surface area contributed by atoms with Crippen LogP contribution in [0.15, 0.2) is 0 Å². The Morgan fingerprint density at radius 3 is 2.00 bits per heavy atom. The highest BCUT2D eigenvalue weighted by molar-refractivity contribution is 7.89. The van der Waals surface area contributed by atoms with Crippen LogP contribution in [0.25, 0.3) is 0 Å². The molecule has 0 bridgehead atoms. The van der Waals surface area contributed by atoms with Crippen molar-refractivity contribution in [1.29, 1.82) is 0 Å². The second kappa shape index (κ2) is 4.75.